The Morgan fingerprint density at radius 1 is 0.889 bits per heavy atom. The molecule has 3 aromatic rings. The van der Waals surface area contributed by atoms with E-state index >= 15 is 0 Å². The Morgan fingerprint density at radius 2 is 1.67 bits per heavy atom. The molecule has 0 saturated heterocycles. The van der Waals surface area contributed by atoms with E-state index in [1.807, 2.05) is 47.5 Å². The van der Waals surface area contributed by atoms with Crippen molar-refractivity contribution in [2.24, 2.45) is 10.1 Å². The van der Waals surface area contributed by atoms with Crippen molar-refractivity contribution in [3.63, 3.8) is 0 Å². The molecule has 0 atom stereocenters. The average molecular weight is 361 g/mol. The van der Waals surface area contributed by atoms with Crippen molar-refractivity contribution in [3.05, 3.63) is 95.6 Å². The van der Waals surface area contributed by atoms with Gasteiger partial charge in [-0.2, -0.15) is 5.10 Å². The fourth-order valence-corrected chi connectivity index (χ4v) is 2.92. The van der Waals surface area contributed by atoms with Gasteiger partial charge in [-0.15, -0.1) is 0 Å². The van der Waals surface area contributed by atoms with Crippen LogP contribution in [-0.2, 0) is 0 Å². The first-order valence-electron chi connectivity index (χ1n) is 8.69. The Balaban J connectivity index is 1.47. The minimum atomic E-state index is -0.902. The molecule has 134 valence electrons. The zero-order chi connectivity index (χ0) is 18.6. The molecule has 0 unspecified atom stereocenters. The Kier molecular flexibility index (Phi) is 4.75. The lowest BCUT2D eigenvalue weighted by atomic mass is 10.1. The normalized spacial score (nSPS) is 14.0. The summed E-state index contributed by atoms with van der Waals surface area (Å²) in [6, 6.07) is 21.6. The average Bonchev–Trinajstić information content (AvgIpc) is 3.20. The first kappa shape index (κ1) is 17.1. The third-order valence-corrected chi connectivity index (χ3v) is 4.37. The van der Waals surface area contributed by atoms with Gasteiger partial charge in [0.2, 0.25) is 0 Å². The van der Waals surface area contributed by atoms with Gasteiger partial charge in [0.1, 0.15) is 0 Å². The van der Waals surface area contributed by atoms with E-state index in [-0.39, 0.29) is 0 Å². The molecule has 0 aromatic heterocycles. The van der Waals surface area contributed by atoms with Crippen LogP contribution in [-0.4, -0.2) is 18.5 Å². The van der Waals surface area contributed by atoms with Crippen molar-refractivity contribution in [2.45, 2.75) is 6.42 Å². The zero-order valence-electron chi connectivity index (χ0n) is 14.5. The smallest absolute Gasteiger partial charge is 0.160 e. The van der Waals surface area contributed by atoms with Crippen molar-refractivity contribution in [1.82, 2.24) is 0 Å². The molecule has 1 aliphatic heterocycles. The lowest BCUT2D eigenvalue weighted by Gasteiger charge is -2.13. The maximum atomic E-state index is 13.2. The van der Waals surface area contributed by atoms with Crippen molar-refractivity contribution in [2.75, 3.05) is 11.6 Å². The number of benzene rings is 3. The molecule has 1 aliphatic rings. The van der Waals surface area contributed by atoms with Crippen molar-refractivity contribution >= 4 is 23.3 Å². The summed E-state index contributed by atoms with van der Waals surface area (Å²) in [5.41, 5.74) is 4.48. The summed E-state index contributed by atoms with van der Waals surface area (Å²) in [5, 5.41) is 6.69. The van der Waals surface area contributed by atoms with Crippen molar-refractivity contribution in [1.29, 1.82) is 0 Å². The summed E-state index contributed by atoms with van der Waals surface area (Å²) in [6.45, 7) is 0.840. The molecular formula is C22H17F2N3. The van der Waals surface area contributed by atoms with Gasteiger partial charge in [-0.3, -0.25) is 10.0 Å². The fourth-order valence-electron chi connectivity index (χ4n) is 2.92. The molecule has 0 amide bonds. The van der Waals surface area contributed by atoms with Crippen LogP contribution in [0.1, 0.15) is 17.5 Å². The largest absolute Gasteiger partial charge is 0.265 e. The van der Waals surface area contributed by atoms with Crippen LogP contribution in [0.5, 0.6) is 0 Å². The number of rotatable bonds is 4. The van der Waals surface area contributed by atoms with E-state index in [9.17, 15) is 8.78 Å². The van der Waals surface area contributed by atoms with Crippen LogP contribution in [0.15, 0.2) is 82.9 Å². The van der Waals surface area contributed by atoms with E-state index in [1.54, 1.807) is 6.21 Å². The highest BCUT2D eigenvalue weighted by molar-refractivity contribution is 6.02. The first-order chi connectivity index (χ1) is 13.2. The van der Waals surface area contributed by atoms with Gasteiger partial charge in [0.05, 0.1) is 17.1 Å². The van der Waals surface area contributed by atoms with Crippen LogP contribution in [0, 0.1) is 11.6 Å². The van der Waals surface area contributed by atoms with E-state index in [0.717, 1.165) is 47.6 Å². The molecule has 0 saturated carbocycles. The van der Waals surface area contributed by atoms with Gasteiger partial charge in [0, 0.05) is 25.2 Å². The summed E-state index contributed by atoms with van der Waals surface area (Å²) in [5.74, 6) is -1.78. The predicted octanol–water partition coefficient (Wildman–Crippen LogP) is 5.33. The Bertz CT molecular complexity index is 996. The first-order valence-corrected chi connectivity index (χ1v) is 8.69. The molecule has 0 spiro atoms. The van der Waals surface area contributed by atoms with Gasteiger partial charge in [-0.1, -0.05) is 42.5 Å². The number of anilines is 1. The summed E-state index contributed by atoms with van der Waals surface area (Å²) in [6.07, 6.45) is 2.53. The maximum absolute atomic E-state index is 13.2. The highest BCUT2D eigenvalue weighted by Crippen LogP contribution is 2.22. The van der Waals surface area contributed by atoms with E-state index in [4.69, 9.17) is 5.10 Å². The quantitative estimate of drug-likeness (QED) is 0.577. The lowest BCUT2D eigenvalue weighted by molar-refractivity contribution is 0.509. The van der Waals surface area contributed by atoms with Crippen LogP contribution < -0.4 is 5.01 Å². The molecule has 1 heterocycles. The van der Waals surface area contributed by atoms with Gasteiger partial charge < -0.3 is 0 Å². The molecule has 3 nitrogen and oxygen atoms in total. The summed E-state index contributed by atoms with van der Waals surface area (Å²) >= 11 is 0. The molecule has 4 rings (SSSR count). The highest BCUT2D eigenvalue weighted by Gasteiger charge is 2.16. The standard InChI is InChI=1S/C22H17F2N3/c23-20-11-8-18(14-21(20)24)25-15-16-6-9-19(10-7-16)27-13-12-22(26-27)17-4-2-1-3-5-17/h1-11,14-15H,12-13H2. The second kappa shape index (κ2) is 7.50. The molecule has 0 bridgehead atoms. The maximum Gasteiger partial charge on any atom is 0.160 e. The molecule has 0 fully saturated rings. The lowest BCUT2D eigenvalue weighted by Crippen LogP contribution is -2.11. The molecular weight excluding hydrogens is 344 g/mol. The van der Waals surface area contributed by atoms with Crippen LogP contribution in [0.4, 0.5) is 20.2 Å². The van der Waals surface area contributed by atoms with E-state index < -0.39 is 11.6 Å². The predicted molar refractivity (Wildman–Crippen MR) is 105 cm³/mol. The summed E-state index contributed by atoms with van der Waals surface area (Å²) < 4.78 is 26.2. The molecule has 3 aromatic carbocycles. The van der Waals surface area contributed by atoms with Crippen LogP contribution >= 0.6 is 0 Å². The van der Waals surface area contributed by atoms with E-state index in [1.165, 1.54) is 6.07 Å². The van der Waals surface area contributed by atoms with Crippen LogP contribution in [0.25, 0.3) is 0 Å². The monoisotopic (exact) mass is 361 g/mol. The van der Waals surface area contributed by atoms with Gasteiger partial charge in [-0.05, 0) is 35.4 Å². The molecule has 27 heavy (non-hydrogen) atoms. The second-order valence-electron chi connectivity index (χ2n) is 6.23. The fraction of sp³-hybridized carbons (Fsp3) is 0.0909. The Hall–Kier alpha value is -3.34. The minimum absolute atomic E-state index is 0.370. The summed E-state index contributed by atoms with van der Waals surface area (Å²) in [4.78, 5) is 4.18. The number of aliphatic imine (C=N–C) groups is 1. The second-order valence-corrected chi connectivity index (χ2v) is 6.23. The van der Waals surface area contributed by atoms with E-state index in [2.05, 4.69) is 17.1 Å². The van der Waals surface area contributed by atoms with Crippen LogP contribution in [0.2, 0.25) is 0 Å². The Labute approximate surface area is 156 Å². The van der Waals surface area contributed by atoms with Crippen LogP contribution in [0.3, 0.4) is 0 Å². The van der Waals surface area contributed by atoms with Gasteiger partial charge in [0.25, 0.3) is 0 Å². The molecule has 0 aliphatic carbocycles. The summed E-state index contributed by atoms with van der Waals surface area (Å²) in [7, 11) is 0. The van der Waals surface area contributed by atoms with E-state index in [0.29, 0.717) is 5.69 Å². The topological polar surface area (TPSA) is 28.0 Å². The number of hydrazone groups is 1. The van der Waals surface area contributed by atoms with Crippen molar-refractivity contribution < 1.29 is 8.78 Å². The SMILES string of the molecule is Fc1ccc(N=Cc2ccc(N3CCC(c4ccccc4)=N3)cc2)cc1F. The number of halogens is 2. The third kappa shape index (κ3) is 3.92. The Morgan fingerprint density at radius 3 is 2.41 bits per heavy atom. The zero-order valence-corrected chi connectivity index (χ0v) is 14.5. The number of hydrogen-bond donors (Lipinski definition) is 0. The third-order valence-electron chi connectivity index (χ3n) is 4.37. The molecule has 5 heteroatoms. The van der Waals surface area contributed by atoms with Gasteiger partial charge in [0.15, 0.2) is 11.6 Å². The minimum Gasteiger partial charge on any atom is -0.265 e. The number of hydrogen-bond acceptors (Lipinski definition) is 3. The number of nitrogens with zero attached hydrogens (tertiary/aromatic N) is 3. The molecule has 0 radical (unpaired) electrons. The molecule has 0 N–H and O–H groups in total. The van der Waals surface area contributed by atoms with Gasteiger partial charge in [-0.25, -0.2) is 8.78 Å². The van der Waals surface area contributed by atoms with Gasteiger partial charge >= 0.3 is 0 Å². The highest BCUT2D eigenvalue weighted by atomic mass is 19.2. The van der Waals surface area contributed by atoms with Crippen molar-refractivity contribution in [3.8, 4) is 0 Å².